The van der Waals surface area contributed by atoms with E-state index in [0.717, 1.165) is 12.1 Å². The van der Waals surface area contributed by atoms with Gasteiger partial charge in [-0.15, -0.1) is 11.6 Å². The Kier molecular flexibility index (Phi) is 3.43. The van der Waals surface area contributed by atoms with Gasteiger partial charge >= 0.3 is 5.69 Å². The third-order valence-electron chi connectivity index (χ3n) is 1.44. The fourth-order valence-corrected chi connectivity index (χ4v) is 0.933. The lowest BCUT2D eigenvalue weighted by Gasteiger charge is -1.93. The number of nitrogens with zero attached hydrogens (tertiary/aromatic N) is 1. The molecule has 1 aromatic carbocycles. The summed E-state index contributed by atoms with van der Waals surface area (Å²) >= 11 is 5.30. The maximum atomic E-state index is 12.8. The molecule has 0 saturated carbocycles. The van der Waals surface area contributed by atoms with Crippen molar-refractivity contribution < 1.29 is 9.31 Å². The van der Waals surface area contributed by atoms with Crippen molar-refractivity contribution in [3.05, 3.63) is 39.7 Å². The summed E-state index contributed by atoms with van der Waals surface area (Å²) in [4.78, 5) is 9.55. The van der Waals surface area contributed by atoms with Gasteiger partial charge in [0.15, 0.2) is 0 Å². The Morgan fingerprint density at radius 2 is 2.29 bits per heavy atom. The molecule has 0 fully saturated rings. The molecule has 1 rings (SSSR count). The van der Waals surface area contributed by atoms with Crippen LogP contribution >= 0.6 is 11.6 Å². The quantitative estimate of drug-likeness (QED) is 0.311. The summed E-state index contributed by atoms with van der Waals surface area (Å²) in [6.07, 6.45) is 0. The van der Waals surface area contributed by atoms with E-state index in [1.165, 1.54) is 6.07 Å². The molecule has 0 aromatic heterocycles. The van der Waals surface area contributed by atoms with Gasteiger partial charge in [-0.05, 0) is 12.1 Å². The van der Waals surface area contributed by atoms with Gasteiger partial charge in [0.1, 0.15) is 0 Å². The molecule has 14 heavy (non-hydrogen) atoms. The van der Waals surface area contributed by atoms with Crippen LogP contribution in [0.1, 0.15) is 5.56 Å². The lowest BCUT2D eigenvalue weighted by Crippen LogP contribution is -1.92. The Labute approximate surface area is 84.6 Å². The second-order valence-electron chi connectivity index (χ2n) is 2.36. The Balaban J connectivity index is 3.13. The molecule has 0 saturated heterocycles. The lowest BCUT2D eigenvalue weighted by atomic mass is 10.2. The average Bonchev–Trinajstić information content (AvgIpc) is 2.16. The van der Waals surface area contributed by atoms with Crippen molar-refractivity contribution >= 4 is 17.3 Å². The first-order valence-electron chi connectivity index (χ1n) is 3.64. The van der Waals surface area contributed by atoms with E-state index in [1.807, 2.05) is 0 Å². The zero-order chi connectivity index (χ0) is 10.6. The molecular weight excluding hydrogens is 209 g/mol. The molecule has 0 N–H and O–H groups in total. The zero-order valence-electron chi connectivity index (χ0n) is 6.96. The summed E-state index contributed by atoms with van der Waals surface area (Å²) < 4.78 is 12.8. The van der Waals surface area contributed by atoms with Gasteiger partial charge in [0, 0.05) is 11.6 Å². The van der Waals surface area contributed by atoms with Gasteiger partial charge in [-0.1, -0.05) is 11.8 Å². The molecule has 3 nitrogen and oxygen atoms in total. The van der Waals surface area contributed by atoms with Crippen LogP contribution in [0.25, 0.3) is 0 Å². The largest absolute Gasteiger partial charge is 0.306 e. The van der Waals surface area contributed by atoms with Gasteiger partial charge in [-0.25, -0.2) is 0 Å². The molecule has 0 spiro atoms. The highest BCUT2D eigenvalue weighted by atomic mass is 35.5. The molecule has 72 valence electrons. The molecule has 0 bridgehead atoms. The first-order chi connectivity index (χ1) is 6.65. The normalized spacial score (nSPS) is 9.00. The van der Waals surface area contributed by atoms with Crippen LogP contribution in [0.2, 0.25) is 0 Å². The molecule has 1 aromatic rings. The van der Waals surface area contributed by atoms with E-state index in [2.05, 4.69) is 11.8 Å². The summed E-state index contributed by atoms with van der Waals surface area (Å²) in [5.41, 5.74) is -0.204. The van der Waals surface area contributed by atoms with E-state index in [1.54, 1.807) is 0 Å². The van der Waals surface area contributed by atoms with Gasteiger partial charge in [0.05, 0.1) is 10.8 Å². The van der Waals surface area contributed by atoms with Crippen molar-refractivity contribution in [3.63, 3.8) is 0 Å². The lowest BCUT2D eigenvalue weighted by molar-refractivity contribution is -0.387. The number of benzene rings is 1. The highest BCUT2D eigenvalue weighted by molar-refractivity contribution is 6.19. The molecule has 0 aliphatic rings. The van der Waals surface area contributed by atoms with Crippen molar-refractivity contribution in [2.24, 2.45) is 0 Å². The summed E-state index contributed by atoms with van der Waals surface area (Å²) in [7, 11) is 0. The van der Waals surface area contributed by atoms with Gasteiger partial charge in [0.25, 0.3) is 0 Å². The van der Waals surface area contributed by atoms with Crippen molar-refractivity contribution in [1.82, 2.24) is 0 Å². The topological polar surface area (TPSA) is 43.1 Å². The minimum Gasteiger partial charge on any atom is -0.258 e. The van der Waals surface area contributed by atoms with Gasteiger partial charge < -0.3 is 0 Å². The van der Waals surface area contributed by atoms with E-state index in [9.17, 15) is 14.5 Å². The second kappa shape index (κ2) is 4.58. The SMILES string of the molecule is O=[N+]([O-])c1cc(C#CCCl)ccc1F. The number of rotatable bonds is 1. The highest BCUT2D eigenvalue weighted by Gasteiger charge is 2.13. The van der Waals surface area contributed by atoms with E-state index >= 15 is 0 Å². The fourth-order valence-electron chi connectivity index (χ4n) is 0.866. The molecular formula is C9H5ClFNO2. The minimum atomic E-state index is -0.869. The fraction of sp³-hybridized carbons (Fsp3) is 0.111. The minimum absolute atomic E-state index is 0.130. The average molecular weight is 214 g/mol. The van der Waals surface area contributed by atoms with Crippen LogP contribution in [0.5, 0.6) is 0 Å². The van der Waals surface area contributed by atoms with Gasteiger partial charge in [-0.3, -0.25) is 10.1 Å². The number of alkyl halides is 1. The smallest absolute Gasteiger partial charge is 0.258 e. The van der Waals surface area contributed by atoms with E-state index in [4.69, 9.17) is 11.6 Å². The van der Waals surface area contributed by atoms with Gasteiger partial charge in [0.2, 0.25) is 5.82 Å². The van der Waals surface area contributed by atoms with Crippen LogP contribution in [0.15, 0.2) is 18.2 Å². The van der Waals surface area contributed by atoms with Crippen LogP contribution in [-0.4, -0.2) is 10.8 Å². The summed E-state index contributed by atoms with van der Waals surface area (Å²) in [5.74, 6) is 4.35. The highest BCUT2D eigenvalue weighted by Crippen LogP contribution is 2.17. The number of nitro groups is 1. The molecule has 5 heteroatoms. The van der Waals surface area contributed by atoms with Crippen molar-refractivity contribution in [2.45, 2.75) is 0 Å². The van der Waals surface area contributed by atoms with E-state index in [-0.39, 0.29) is 5.88 Å². The maximum Gasteiger partial charge on any atom is 0.306 e. The van der Waals surface area contributed by atoms with Crippen LogP contribution in [0, 0.1) is 27.8 Å². The third kappa shape index (κ3) is 2.44. The molecule has 0 radical (unpaired) electrons. The maximum absolute atomic E-state index is 12.8. The van der Waals surface area contributed by atoms with Crippen molar-refractivity contribution in [3.8, 4) is 11.8 Å². The first-order valence-corrected chi connectivity index (χ1v) is 4.17. The zero-order valence-corrected chi connectivity index (χ0v) is 7.71. The molecule has 0 aliphatic heterocycles. The van der Waals surface area contributed by atoms with Crippen molar-refractivity contribution in [2.75, 3.05) is 5.88 Å². The molecule has 0 unspecified atom stereocenters. The standard InChI is InChI=1S/C9H5ClFNO2/c10-5-1-2-7-3-4-8(11)9(6-7)12(13)14/h3-4,6H,5H2. The van der Waals surface area contributed by atoms with Crippen LogP contribution in [0.3, 0.4) is 0 Å². The molecule has 0 heterocycles. The van der Waals surface area contributed by atoms with Crippen LogP contribution in [-0.2, 0) is 0 Å². The number of nitro benzene ring substituents is 1. The van der Waals surface area contributed by atoms with Crippen LogP contribution in [0.4, 0.5) is 10.1 Å². The molecule has 0 atom stereocenters. The second-order valence-corrected chi connectivity index (χ2v) is 2.63. The molecule has 0 aliphatic carbocycles. The van der Waals surface area contributed by atoms with E-state index < -0.39 is 16.4 Å². The third-order valence-corrected chi connectivity index (χ3v) is 1.58. The Morgan fingerprint density at radius 3 is 2.86 bits per heavy atom. The van der Waals surface area contributed by atoms with Crippen molar-refractivity contribution in [1.29, 1.82) is 0 Å². The number of hydrogen-bond acceptors (Lipinski definition) is 2. The Hall–Kier alpha value is -1.60. The number of halogens is 2. The predicted molar refractivity (Wildman–Crippen MR) is 50.7 cm³/mol. The van der Waals surface area contributed by atoms with E-state index in [0.29, 0.717) is 5.56 Å². The summed E-state index contributed by atoms with van der Waals surface area (Å²) in [6, 6.07) is 3.45. The first kappa shape index (κ1) is 10.5. The summed E-state index contributed by atoms with van der Waals surface area (Å²) in [6.45, 7) is 0. The monoisotopic (exact) mass is 213 g/mol. The van der Waals surface area contributed by atoms with Gasteiger partial charge in [-0.2, -0.15) is 4.39 Å². The molecule has 0 amide bonds. The van der Waals surface area contributed by atoms with Crippen LogP contribution < -0.4 is 0 Å². The Bertz CT molecular complexity index is 423. The summed E-state index contributed by atoms with van der Waals surface area (Å²) in [5, 5.41) is 10.3. The predicted octanol–water partition coefficient (Wildman–Crippen LogP) is 2.32. The number of hydrogen-bond donors (Lipinski definition) is 0. The Morgan fingerprint density at radius 1 is 1.57 bits per heavy atom.